The summed E-state index contributed by atoms with van der Waals surface area (Å²) in [6, 6.07) is 4.75. The molecule has 9 heteroatoms. The number of alkyl halides is 3. The van der Waals surface area contributed by atoms with Gasteiger partial charge in [-0.15, -0.1) is 13.2 Å². The molecule has 0 spiro atoms. The van der Waals surface area contributed by atoms with Crippen molar-refractivity contribution in [1.82, 2.24) is 10.2 Å². The highest BCUT2D eigenvalue weighted by atomic mass is 19.4. The van der Waals surface area contributed by atoms with Gasteiger partial charge in [-0.2, -0.15) is 0 Å². The Balaban J connectivity index is 1.72. The highest BCUT2D eigenvalue weighted by molar-refractivity contribution is 6.39. The molecule has 1 aromatic carbocycles. The Kier molecular flexibility index (Phi) is 7.46. The maximum atomic E-state index is 12.2. The fourth-order valence-corrected chi connectivity index (χ4v) is 3.03. The van der Waals surface area contributed by atoms with Crippen LogP contribution in [0.25, 0.3) is 0 Å². The molecule has 1 atom stereocenters. The Hall–Kier alpha value is -2.29. The van der Waals surface area contributed by atoms with E-state index in [2.05, 4.69) is 27.2 Å². The molecular formula is C18H24F3N3O3. The summed E-state index contributed by atoms with van der Waals surface area (Å²) >= 11 is 0. The number of ether oxygens (including phenoxy) is 1. The monoisotopic (exact) mass is 387 g/mol. The Morgan fingerprint density at radius 2 is 2.07 bits per heavy atom. The van der Waals surface area contributed by atoms with Gasteiger partial charge in [-0.1, -0.05) is 13.0 Å². The predicted octanol–water partition coefficient (Wildman–Crippen LogP) is 2.76. The van der Waals surface area contributed by atoms with Crippen LogP contribution in [-0.4, -0.2) is 49.3 Å². The number of carbonyl (C=O) groups excluding carboxylic acids is 2. The maximum absolute atomic E-state index is 12.2. The molecule has 2 N–H and O–H groups in total. The molecule has 0 saturated carbocycles. The van der Waals surface area contributed by atoms with Crippen LogP contribution in [0, 0.1) is 5.92 Å². The molecule has 0 bridgehead atoms. The van der Waals surface area contributed by atoms with E-state index in [4.69, 9.17) is 0 Å². The van der Waals surface area contributed by atoms with Gasteiger partial charge in [-0.25, -0.2) is 0 Å². The summed E-state index contributed by atoms with van der Waals surface area (Å²) in [7, 11) is 0. The van der Waals surface area contributed by atoms with E-state index >= 15 is 0 Å². The SMILES string of the molecule is CC1CCCN(CCCNC(=O)C(=O)Nc2cccc(OC(F)(F)F)c2)C1. The molecular weight excluding hydrogens is 363 g/mol. The zero-order chi connectivity index (χ0) is 19.9. The lowest BCUT2D eigenvalue weighted by molar-refractivity contribution is -0.274. The van der Waals surface area contributed by atoms with E-state index < -0.39 is 23.9 Å². The zero-order valence-corrected chi connectivity index (χ0v) is 15.1. The number of hydrogen-bond donors (Lipinski definition) is 2. The van der Waals surface area contributed by atoms with Crippen LogP contribution in [0.3, 0.4) is 0 Å². The summed E-state index contributed by atoms with van der Waals surface area (Å²) in [5, 5.41) is 4.77. The van der Waals surface area contributed by atoms with E-state index in [1.807, 2.05) is 0 Å². The minimum Gasteiger partial charge on any atom is -0.406 e. The van der Waals surface area contributed by atoms with Crippen molar-refractivity contribution in [1.29, 1.82) is 0 Å². The first-order valence-electron chi connectivity index (χ1n) is 8.90. The standard InChI is InChI=1S/C18H24F3N3O3/c1-13-5-3-9-24(12-13)10-4-8-22-16(25)17(26)23-14-6-2-7-15(11-14)27-18(19,20)21/h2,6-7,11,13H,3-5,8-10,12H2,1H3,(H,22,25)(H,23,26). The average molecular weight is 387 g/mol. The van der Waals surface area contributed by atoms with Crippen molar-refractivity contribution in [2.24, 2.45) is 5.92 Å². The second-order valence-electron chi connectivity index (χ2n) is 6.69. The van der Waals surface area contributed by atoms with Crippen molar-refractivity contribution in [3.05, 3.63) is 24.3 Å². The van der Waals surface area contributed by atoms with Crippen molar-refractivity contribution < 1.29 is 27.5 Å². The van der Waals surface area contributed by atoms with Crippen molar-refractivity contribution in [2.75, 3.05) is 31.5 Å². The molecule has 0 aromatic heterocycles. The number of anilines is 1. The first kappa shape index (κ1) is 21.0. The average Bonchev–Trinajstić information content (AvgIpc) is 2.57. The van der Waals surface area contributed by atoms with E-state index in [0.717, 1.165) is 38.2 Å². The molecule has 1 unspecified atom stereocenters. The van der Waals surface area contributed by atoms with E-state index in [1.54, 1.807) is 0 Å². The number of hydrogen-bond acceptors (Lipinski definition) is 4. The van der Waals surface area contributed by atoms with Gasteiger partial charge in [0.2, 0.25) is 0 Å². The first-order chi connectivity index (χ1) is 12.7. The normalized spacial score (nSPS) is 18.0. The van der Waals surface area contributed by atoms with Crippen LogP contribution in [0.1, 0.15) is 26.2 Å². The Bertz CT molecular complexity index is 652. The number of likely N-dealkylation sites (tertiary alicyclic amines) is 1. The first-order valence-corrected chi connectivity index (χ1v) is 8.90. The predicted molar refractivity (Wildman–Crippen MR) is 94.2 cm³/mol. The smallest absolute Gasteiger partial charge is 0.406 e. The number of carbonyl (C=O) groups is 2. The van der Waals surface area contributed by atoms with Gasteiger partial charge >= 0.3 is 18.2 Å². The molecule has 1 aliphatic rings. The van der Waals surface area contributed by atoms with Gasteiger partial charge in [-0.05, 0) is 50.4 Å². The number of halogens is 3. The summed E-state index contributed by atoms with van der Waals surface area (Å²) in [4.78, 5) is 26.0. The highest BCUT2D eigenvalue weighted by Crippen LogP contribution is 2.25. The number of rotatable bonds is 6. The van der Waals surface area contributed by atoms with Gasteiger partial charge in [0, 0.05) is 24.8 Å². The molecule has 1 aromatic rings. The lowest BCUT2D eigenvalue weighted by Gasteiger charge is -2.30. The summed E-state index contributed by atoms with van der Waals surface area (Å²) < 4.78 is 40.4. The zero-order valence-electron chi connectivity index (χ0n) is 15.1. The number of amides is 2. The van der Waals surface area contributed by atoms with Gasteiger partial charge in [0.05, 0.1) is 0 Å². The maximum Gasteiger partial charge on any atom is 0.573 e. The van der Waals surface area contributed by atoms with Gasteiger partial charge in [0.1, 0.15) is 5.75 Å². The molecule has 150 valence electrons. The second kappa shape index (κ2) is 9.59. The molecule has 27 heavy (non-hydrogen) atoms. The molecule has 2 amide bonds. The minimum absolute atomic E-state index is 0.0409. The third-order valence-corrected chi connectivity index (χ3v) is 4.21. The number of piperidine rings is 1. The van der Waals surface area contributed by atoms with Crippen LogP contribution in [-0.2, 0) is 9.59 Å². The fraction of sp³-hybridized carbons (Fsp3) is 0.556. The van der Waals surface area contributed by atoms with E-state index in [1.165, 1.54) is 25.0 Å². The van der Waals surface area contributed by atoms with Crippen molar-refractivity contribution in [3.63, 3.8) is 0 Å². The lowest BCUT2D eigenvalue weighted by Crippen LogP contribution is -2.39. The van der Waals surface area contributed by atoms with E-state index in [0.29, 0.717) is 12.5 Å². The third-order valence-electron chi connectivity index (χ3n) is 4.21. The molecule has 1 heterocycles. The lowest BCUT2D eigenvalue weighted by atomic mass is 10.0. The second-order valence-corrected chi connectivity index (χ2v) is 6.69. The van der Waals surface area contributed by atoms with Gasteiger partial charge in [-0.3, -0.25) is 9.59 Å². The van der Waals surface area contributed by atoms with E-state index in [-0.39, 0.29) is 5.69 Å². The van der Waals surface area contributed by atoms with Gasteiger partial charge < -0.3 is 20.3 Å². The van der Waals surface area contributed by atoms with Crippen molar-refractivity contribution in [2.45, 2.75) is 32.5 Å². The topological polar surface area (TPSA) is 70.7 Å². The quantitative estimate of drug-likeness (QED) is 0.582. The molecule has 1 saturated heterocycles. The van der Waals surface area contributed by atoms with Crippen LogP contribution in [0.15, 0.2) is 24.3 Å². The van der Waals surface area contributed by atoms with Crippen LogP contribution in [0.5, 0.6) is 5.75 Å². The van der Waals surface area contributed by atoms with Crippen molar-refractivity contribution in [3.8, 4) is 5.75 Å². The minimum atomic E-state index is -4.83. The highest BCUT2D eigenvalue weighted by Gasteiger charge is 2.31. The summed E-state index contributed by atoms with van der Waals surface area (Å²) in [6.45, 7) is 5.52. The van der Waals surface area contributed by atoms with Crippen LogP contribution >= 0.6 is 0 Å². The molecule has 6 nitrogen and oxygen atoms in total. The summed E-state index contributed by atoms with van der Waals surface area (Å²) in [6.07, 6.45) is -1.69. The molecule has 2 rings (SSSR count). The van der Waals surface area contributed by atoms with Crippen LogP contribution in [0.4, 0.5) is 18.9 Å². The molecule has 0 radical (unpaired) electrons. The number of nitrogens with zero attached hydrogens (tertiary/aromatic N) is 1. The largest absolute Gasteiger partial charge is 0.573 e. The molecule has 0 aliphatic carbocycles. The molecule has 1 fully saturated rings. The fourth-order valence-electron chi connectivity index (χ4n) is 3.03. The van der Waals surface area contributed by atoms with Gasteiger partial charge in [0.25, 0.3) is 0 Å². The number of benzene rings is 1. The molecule has 1 aliphatic heterocycles. The Morgan fingerprint density at radius 3 is 2.78 bits per heavy atom. The number of nitrogens with one attached hydrogen (secondary N) is 2. The van der Waals surface area contributed by atoms with Crippen LogP contribution in [0.2, 0.25) is 0 Å². The van der Waals surface area contributed by atoms with Crippen molar-refractivity contribution >= 4 is 17.5 Å². The van der Waals surface area contributed by atoms with Gasteiger partial charge in [0.15, 0.2) is 0 Å². The van der Waals surface area contributed by atoms with E-state index in [9.17, 15) is 22.8 Å². The summed E-state index contributed by atoms with van der Waals surface area (Å²) in [5.74, 6) is -1.57. The van der Waals surface area contributed by atoms with Crippen LogP contribution < -0.4 is 15.4 Å². The Labute approximate surface area is 156 Å². The third kappa shape index (κ3) is 7.86. The Morgan fingerprint density at radius 1 is 1.30 bits per heavy atom. The summed E-state index contributed by atoms with van der Waals surface area (Å²) in [5.41, 5.74) is 0.0409.